The van der Waals surface area contributed by atoms with Gasteiger partial charge in [0.2, 0.25) is 5.78 Å². The summed E-state index contributed by atoms with van der Waals surface area (Å²) >= 11 is 7.18. The third kappa shape index (κ3) is 5.29. The molecule has 0 radical (unpaired) electrons. The van der Waals surface area contributed by atoms with Crippen LogP contribution in [0.5, 0.6) is 0 Å². The van der Waals surface area contributed by atoms with Crippen LogP contribution in [0.3, 0.4) is 0 Å². The summed E-state index contributed by atoms with van der Waals surface area (Å²) in [5, 5.41) is 9.69. The highest BCUT2D eigenvalue weighted by Crippen LogP contribution is 2.25. The van der Waals surface area contributed by atoms with Crippen LogP contribution in [0.4, 0.5) is 0 Å². The van der Waals surface area contributed by atoms with Crippen LogP contribution in [-0.2, 0) is 16.1 Å². The molecular formula is C22H22ClN3O3S. The molecule has 0 saturated heterocycles. The summed E-state index contributed by atoms with van der Waals surface area (Å²) < 4.78 is 7.09. The van der Waals surface area contributed by atoms with E-state index >= 15 is 0 Å². The minimum atomic E-state index is -0.475. The maximum atomic E-state index is 12.4. The standard InChI is InChI=1S/C22H22ClN3O3S/c1-4-26-21(16-7-9-17(23)10-8-16)24-25-22(26)30-13-20(28)29-12-19(27)18-11-14(2)5-6-15(18)3/h5-11H,4,12-13H2,1-3H3. The quantitative estimate of drug-likeness (QED) is 0.284. The number of ketones is 1. The van der Waals surface area contributed by atoms with E-state index in [-0.39, 0.29) is 18.1 Å². The van der Waals surface area contributed by atoms with Gasteiger partial charge in [-0.15, -0.1) is 10.2 Å². The number of aromatic nitrogens is 3. The number of esters is 1. The highest BCUT2D eigenvalue weighted by Gasteiger charge is 2.16. The number of thioether (sulfide) groups is 1. The first-order chi connectivity index (χ1) is 14.4. The van der Waals surface area contributed by atoms with E-state index in [9.17, 15) is 9.59 Å². The fraction of sp³-hybridized carbons (Fsp3) is 0.273. The summed E-state index contributed by atoms with van der Waals surface area (Å²) in [5.41, 5.74) is 3.32. The zero-order chi connectivity index (χ0) is 21.7. The van der Waals surface area contributed by atoms with Gasteiger partial charge in [0, 0.05) is 22.7 Å². The second-order valence-electron chi connectivity index (χ2n) is 6.75. The van der Waals surface area contributed by atoms with Crippen molar-refractivity contribution in [2.45, 2.75) is 32.5 Å². The minimum Gasteiger partial charge on any atom is -0.457 e. The van der Waals surface area contributed by atoms with Gasteiger partial charge in [-0.05, 0) is 56.7 Å². The first-order valence-electron chi connectivity index (χ1n) is 9.47. The summed E-state index contributed by atoms with van der Waals surface area (Å²) in [7, 11) is 0. The average molecular weight is 444 g/mol. The van der Waals surface area contributed by atoms with E-state index < -0.39 is 5.97 Å². The maximum Gasteiger partial charge on any atom is 0.316 e. The van der Waals surface area contributed by atoms with Gasteiger partial charge in [0.15, 0.2) is 17.6 Å². The molecule has 3 rings (SSSR count). The number of halogens is 1. The van der Waals surface area contributed by atoms with E-state index in [2.05, 4.69) is 10.2 Å². The summed E-state index contributed by atoms with van der Waals surface area (Å²) in [6.45, 7) is 6.13. The van der Waals surface area contributed by atoms with Gasteiger partial charge in [-0.1, -0.05) is 41.1 Å². The molecule has 0 amide bonds. The molecular weight excluding hydrogens is 422 g/mol. The Morgan fingerprint density at radius 2 is 1.83 bits per heavy atom. The number of aryl methyl sites for hydroxylation is 2. The third-order valence-corrected chi connectivity index (χ3v) is 5.70. The average Bonchev–Trinajstić information content (AvgIpc) is 3.15. The van der Waals surface area contributed by atoms with Gasteiger partial charge >= 0.3 is 5.97 Å². The molecule has 30 heavy (non-hydrogen) atoms. The van der Waals surface area contributed by atoms with E-state index in [4.69, 9.17) is 16.3 Å². The fourth-order valence-corrected chi connectivity index (χ4v) is 3.84. The molecule has 0 aliphatic heterocycles. The molecule has 0 aliphatic carbocycles. The Bertz CT molecular complexity index is 1060. The van der Waals surface area contributed by atoms with Crippen molar-refractivity contribution >= 4 is 35.1 Å². The van der Waals surface area contributed by atoms with Crippen molar-refractivity contribution in [3.8, 4) is 11.4 Å². The molecule has 6 nitrogen and oxygen atoms in total. The first kappa shape index (κ1) is 22.1. The van der Waals surface area contributed by atoms with Gasteiger partial charge in [-0.25, -0.2) is 0 Å². The smallest absolute Gasteiger partial charge is 0.316 e. The van der Waals surface area contributed by atoms with Crippen LogP contribution >= 0.6 is 23.4 Å². The van der Waals surface area contributed by atoms with Gasteiger partial charge in [0.25, 0.3) is 0 Å². The second kappa shape index (κ2) is 9.91. The number of hydrogen-bond donors (Lipinski definition) is 0. The number of benzene rings is 2. The van der Waals surface area contributed by atoms with E-state index in [1.807, 2.05) is 55.7 Å². The number of nitrogens with zero attached hydrogens (tertiary/aromatic N) is 3. The maximum absolute atomic E-state index is 12.4. The predicted octanol–water partition coefficient (Wildman–Crippen LogP) is 4.75. The molecule has 0 aliphatic rings. The molecule has 0 bridgehead atoms. The Hall–Kier alpha value is -2.64. The summed E-state index contributed by atoms with van der Waals surface area (Å²) in [6.07, 6.45) is 0. The van der Waals surface area contributed by atoms with Crippen LogP contribution in [0.1, 0.15) is 28.4 Å². The van der Waals surface area contributed by atoms with Gasteiger partial charge in [-0.2, -0.15) is 0 Å². The van der Waals surface area contributed by atoms with Crippen LogP contribution in [0.25, 0.3) is 11.4 Å². The number of carbonyl (C=O) groups is 2. The van der Waals surface area contributed by atoms with Crippen molar-refractivity contribution in [3.63, 3.8) is 0 Å². The van der Waals surface area contributed by atoms with Crippen LogP contribution in [0.15, 0.2) is 47.6 Å². The number of rotatable bonds is 8. The Morgan fingerprint density at radius 1 is 1.10 bits per heavy atom. The molecule has 8 heteroatoms. The van der Waals surface area contributed by atoms with E-state index in [1.165, 1.54) is 11.8 Å². The molecule has 0 unspecified atom stereocenters. The SMILES string of the molecule is CCn1c(SCC(=O)OCC(=O)c2cc(C)ccc2C)nnc1-c1ccc(Cl)cc1. The van der Waals surface area contributed by atoms with Crippen molar-refractivity contribution < 1.29 is 14.3 Å². The molecule has 0 saturated carbocycles. The van der Waals surface area contributed by atoms with Crippen molar-refractivity contribution in [1.29, 1.82) is 0 Å². The topological polar surface area (TPSA) is 74.1 Å². The first-order valence-corrected chi connectivity index (χ1v) is 10.8. The largest absolute Gasteiger partial charge is 0.457 e. The predicted molar refractivity (Wildman–Crippen MR) is 118 cm³/mol. The summed E-state index contributed by atoms with van der Waals surface area (Å²) in [5.74, 6) is 0.0579. The third-order valence-electron chi connectivity index (χ3n) is 4.51. The van der Waals surface area contributed by atoms with Gasteiger partial charge < -0.3 is 9.30 Å². The highest BCUT2D eigenvalue weighted by molar-refractivity contribution is 7.99. The molecule has 1 aromatic heterocycles. The van der Waals surface area contributed by atoms with Crippen molar-refractivity contribution in [1.82, 2.24) is 14.8 Å². The Balaban J connectivity index is 1.59. The second-order valence-corrected chi connectivity index (χ2v) is 8.13. The molecule has 0 spiro atoms. The summed E-state index contributed by atoms with van der Waals surface area (Å²) in [6, 6.07) is 13.0. The molecule has 1 heterocycles. The number of Topliss-reactive ketones (excluding diaryl/α,β-unsaturated/α-hetero) is 1. The number of carbonyl (C=O) groups excluding carboxylic acids is 2. The molecule has 2 aromatic carbocycles. The number of hydrogen-bond acceptors (Lipinski definition) is 6. The highest BCUT2D eigenvalue weighted by atomic mass is 35.5. The van der Waals surface area contributed by atoms with Crippen LogP contribution < -0.4 is 0 Å². The summed E-state index contributed by atoms with van der Waals surface area (Å²) in [4.78, 5) is 24.5. The lowest BCUT2D eigenvalue weighted by Crippen LogP contribution is -2.16. The number of ether oxygens (including phenoxy) is 1. The Morgan fingerprint density at radius 3 is 2.53 bits per heavy atom. The van der Waals surface area contributed by atoms with Gasteiger partial charge in [-0.3, -0.25) is 9.59 Å². The zero-order valence-electron chi connectivity index (χ0n) is 17.0. The normalized spacial score (nSPS) is 10.8. The fourth-order valence-electron chi connectivity index (χ4n) is 2.92. The lowest BCUT2D eigenvalue weighted by Gasteiger charge is -2.08. The molecule has 0 fully saturated rings. The van der Waals surface area contributed by atoms with Crippen molar-refractivity contribution in [2.24, 2.45) is 0 Å². The van der Waals surface area contributed by atoms with Crippen LogP contribution in [-0.4, -0.2) is 38.9 Å². The van der Waals surface area contributed by atoms with Crippen LogP contribution in [0, 0.1) is 13.8 Å². The molecule has 3 aromatic rings. The van der Waals surface area contributed by atoms with Crippen molar-refractivity contribution in [2.75, 3.05) is 12.4 Å². The zero-order valence-corrected chi connectivity index (χ0v) is 18.6. The van der Waals surface area contributed by atoms with Gasteiger partial charge in [0.05, 0.1) is 5.75 Å². The lowest BCUT2D eigenvalue weighted by atomic mass is 10.0. The van der Waals surface area contributed by atoms with Crippen LogP contribution in [0.2, 0.25) is 5.02 Å². The molecule has 156 valence electrons. The van der Waals surface area contributed by atoms with E-state index in [0.29, 0.717) is 28.1 Å². The Labute approximate surface area is 184 Å². The minimum absolute atomic E-state index is 0.0405. The van der Waals surface area contributed by atoms with Gasteiger partial charge in [0.1, 0.15) is 0 Å². The lowest BCUT2D eigenvalue weighted by molar-refractivity contribution is -0.139. The Kier molecular flexibility index (Phi) is 7.29. The monoisotopic (exact) mass is 443 g/mol. The van der Waals surface area contributed by atoms with E-state index in [0.717, 1.165) is 16.7 Å². The van der Waals surface area contributed by atoms with E-state index in [1.54, 1.807) is 12.1 Å². The molecule has 0 N–H and O–H groups in total. The van der Waals surface area contributed by atoms with Crippen molar-refractivity contribution in [3.05, 3.63) is 64.2 Å². The molecule has 0 atom stereocenters.